The molecular formula is C22H22FN5OS. The molecule has 1 aromatic carbocycles. The van der Waals surface area contributed by atoms with Crippen molar-refractivity contribution in [3.63, 3.8) is 0 Å². The average Bonchev–Trinajstić information content (AvgIpc) is 3.35. The van der Waals surface area contributed by atoms with Crippen LogP contribution in [0.1, 0.15) is 26.4 Å². The molecule has 6 nitrogen and oxygen atoms in total. The normalized spacial score (nSPS) is 11.1. The minimum atomic E-state index is -0.571. The lowest BCUT2D eigenvalue weighted by Gasteiger charge is -2.15. The number of nitrogens with zero attached hydrogens (tertiary/aromatic N) is 3. The van der Waals surface area contributed by atoms with Crippen molar-refractivity contribution < 1.29 is 9.18 Å². The van der Waals surface area contributed by atoms with Gasteiger partial charge in [0.2, 0.25) is 0 Å². The molecule has 3 aromatic heterocycles. The number of amides is 1. The van der Waals surface area contributed by atoms with E-state index in [9.17, 15) is 4.79 Å². The number of hydrogen-bond donors (Lipinski definition) is 2. The van der Waals surface area contributed by atoms with Crippen LogP contribution in [0.15, 0.2) is 42.2 Å². The number of anilines is 2. The highest BCUT2D eigenvalue weighted by molar-refractivity contribution is 7.09. The topological polar surface area (TPSA) is 71.8 Å². The molecule has 0 spiro atoms. The summed E-state index contributed by atoms with van der Waals surface area (Å²) in [5, 5.41) is 7.93. The lowest BCUT2D eigenvalue weighted by molar-refractivity contribution is 0.0955. The fraction of sp³-hybridized carbons (Fsp3) is 0.227. The van der Waals surface area contributed by atoms with Gasteiger partial charge in [-0.1, -0.05) is 12.1 Å². The van der Waals surface area contributed by atoms with Crippen LogP contribution in [0.5, 0.6) is 0 Å². The first-order valence-electron chi connectivity index (χ1n) is 9.58. The van der Waals surface area contributed by atoms with Gasteiger partial charge in [-0.05, 0) is 48.9 Å². The summed E-state index contributed by atoms with van der Waals surface area (Å²) >= 11 is 1.64. The summed E-state index contributed by atoms with van der Waals surface area (Å²) in [7, 11) is 1.77. The Morgan fingerprint density at radius 1 is 1.27 bits per heavy atom. The van der Waals surface area contributed by atoms with Crippen molar-refractivity contribution in [3.05, 3.63) is 69.6 Å². The quantitative estimate of drug-likeness (QED) is 0.479. The minimum Gasteiger partial charge on any atom is -0.352 e. The average molecular weight is 424 g/mol. The van der Waals surface area contributed by atoms with Crippen LogP contribution in [-0.4, -0.2) is 27.0 Å². The Kier molecular flexibility index (Phi) is 5.50. The van der Waals surface area contributed by atoms with Crippen LogP contribution in [0.2, 0.25) is 0 Å². The fourth-order valence-corrected chi connectivity index (χ4v) is 4.05. The van der Waals surface area contributed by atoms with Crippen LogP contribution in [0.4, 0.5) is 15.9 Å². The second-order valence-corrected chi connectivity index (χ2v) is 8.26. The molecule has 2 N–H and O–H groups in total. The van der Waals surface area contributed by atoms with Gasteiger partial charge in [-0.2, -0.15) is 0 Å². The Bertz CT molecular complexity index is 1220. The zero-order valence-corrected chi connectivity index (χ0v) is 17.8. The predicted molar refractivity (Wildman–Crippen MR) is 118 cm³/mol. The molecule has 0 bridgehead atoms. The largest absolute Gasteiger partial charge is 0.352 e. The number of fused-ring (bicyclic) bond motifs is 1. The maximum atomic E-state index is 15.4. The van der Waals surface area contributed by atoms with Crippen molar-refractivity contribution in [2.45, 2.75) is 20.3 Å². The SMILES string of the molecule is Cc1cnc(Nc2c(C(=O)NCCc3cccs3)cc3c(ncn3C)c2F)c(C)c1. The molecule has 3 heterocycles. The molecule has 0 aliphatic rings. The minimum absolute atomic E-state index is 0.0780. The molecule has 0 saturated heterocycles. The van der Waals surface area contributed by atoms with Crippen LogP contribution in [0, 0.1) is 19.7 Å². The Hall–Kier alpha value is -3.26. The van der Waals surface area contributed by atoms with Gasteiger partial charge in [-0.25, -0.2) is 14.4 Å². The van der Waals surface area contributed by atoms with Crippen LogP contribution in [0.25, 0.3) is 11.0 Å². The molecular weight excluding hydrogens is 401 g/mol. The van der Waals surface area contributed by atoms with E-state index in [4.69, 9.17) is 0 Å². The number of nitrogens with one attached hydrogen (secondary N) is 2. The lowest BCUT2D eigenvalue weighted by Crippen LogP contribution is -2.26. The zero-order valence-electron chi connectivity index (χ0n) is 17.0. The molecule has 4 aromatic rings. The molecule has 4 rings (SSSR count). The Morgan fingerprint density at radius 3 is 2.83 bits per heavy atom. The Labute approximate surface area is 177 Å². The maximum Gasteiger partial charge on any atom is 0.253 e. The molecule has 30 heavy (non-hydrogen) atoms. The summed E-state index contributed by atoms with van der Waals surface area (Å²) in [4.78, 5) is 22.7. The van der Waals surface area contributed by atoms with E-state index in [0.29, 0.717) is 17.9 Å². The van der Waals surface area contributed by atoms with E-state index in [-0.39, 0.29) is 22.7 Å². The Morgan fingerprint density at radius 2 is 2.10 bits per heavy atom. The standard InChI is InChI=1S/C22H22FN5OS/c1-13-9-14(2)21(25-11-13)27-19-16(10-17-20(18(19)23)26-12-28(17)3)22(29)24-7-6-15-5-4-8-30-15/h4-5,8-12H,6-7H2,1-3H3,(H,24,29)(H,25,27). The van der Waals surface area contributed by atoms with Crippen LogP contribution >= 0.6 is 11.3 Å². The monoisotopic (exact) mass is 423 g/mol. The van der Waals surface area contributed by atoms with E-state index in [1.54, 1.807) is 35.2 Å². The van der Waals surface area contributed by atoms with E-state index in [1.807, 2.05) is 37.4 Å². The van der Waals surface area contributed by atoms with Gasteiger partial charge in [0.1, 0.15) is 11.3 Å². The smallest absolute Gasteiger partial charge is 0.253 e. The summed E-state index contributed by atoms with van der Waals surface area (Å²) in [6.07, 6.45) is 3.96. The molecule has 154 valence electrons. The first-order chi connectivity index (χ1) is 14.4. The van der Waals surface area contributed by atoms with E-state index in [1.165, 1.54) is 11.2 Å². The number of carbonyl (C=O) groups is 1. The molecule has 0 atom stereocenters. The third kappa shape index (κ3) is 3.91. The van der Waals surface area contributed by atoms with E-state index in [0.717, 1.165) is 17.5 Å². The third-order valence-corrected chi connectivity index (χ3v) is 5.84. The first-order valence-corrected chi connectivity index (χ1v) is 10.5. The zero-order chi connectivity index (χ0) is 21.3. The number of pyridine rings is 1. The summed E-state index contributed by atoms with van der Waals surface area (Å²) in [5.41, 5.74) is 2.92. The highest BCUT2D eigenvalue weighted by Gasteiger charge is 2.22. The number of rotatable bonds is 6. The second kappa shape index (κ2) is 8.23. The molecule has 0 aliphatic heterocycles. The second-order valence-electron chi connectivity index (χ2n) is 7.22. The molecule has 0 unspecified atom stereocenters. The number of aromatic nitrogens is 3. The van der Waals surface area contributed by atoms with Gasteiger partial charge in [-0.15, -0.1) is 11.3 Å². The Balaban J connectivity index is 1.69. The molecule has 8 heteroatoms. The molecule has 0 aliphatic carbocycles. The van der Waals surface area contributed by atoms with Gasteiger partial charge in [0.05, 0.1) is 23.1 Å². The van der Waals surface area contributed by atoms with E-state index < -0.39 is 5.82 Å². The van der Waals surface area contributed by atoms with Gasteiger partial charge in [0.25, 0.3) is 5.91 Å². The van der Waals surface area contributed by atoms with Crippen molar-refractivity contribution in [2.24, 2.45) is 7.05 Å². The van der Waals surface area contributed by atoms with Crippen molar-refractivity contribution in [1.29, 1.82) is 0 Å². The number of thiophene rings is 1. The highest BCUT2D eigenvalue weighted by Crippen LogP contribution is 2.31. The van der Waals surface area contributed by atoms with Gasteiger partial charge < -0.3 is 15.2 Å². The van der Waals surface area contributed by atoms with Crippen LogP contribution < -0.4 is 10.6 Å². The van der Waals surface area contributed by atoms with Gasteiger partial charge in [0, 0.05) is 24.7 Å². The maximum absolute atomic E-state index is 15.4. The first kappa shape index (κ1) is 20.0. The summed E-state index contributed by atoms with van der Waals surface area (Å²) in [5.74, 6) is -0.415. The van der Waals surface area contributed by atoms with Gasteiger partial charge in [0.15, 0.2) is 5.82 Å². The van der Waals surface area contributed by atoms with E-state index in [2.05, 4.69) is 20.6 Å². The molecule has 1 amide bonds. The number of carbonyl (C=O) groups excluding carboxylic acids is 1. The van der Waals surface area contributed by atoms with E-state index >= 15 is 4.39 Å². The van der Waals surface area contributed by atoms with Crippen LogP contribution in [0.3, 0.4) is 0 Å². The number of benzene rings is 1. The fourth-order valence-electron chi connectivity index (χ4n) is 3.34. The molecule has 0 radical (unpaired) electrons. The molecule has 0 fully saturated rings. The van der Waals surface area contributed by atoms with Crippen LogP contribution in [-0.2, 0) is 13.5 Å². The number of halogens is 1. The predicted octanol–water partition coefficient (Wildman–Crippen LogP) is 4.50. The number of imidazole rings is 1. The van der Waals surface area contributed by atoms with Crippen molar-refractivity contribution in [1.82, 2.24) is 19.9 Å². The van der Waals surface area contributed by atoms with Gasteiger partial charge >= 0.3 is 0 Å². The number of hydrogen-bond acceptors (Lipinski definition) is 5. The van der Waals surface area contributed by atoms with Crippen molar-refractivity contribution >= 4 is 39.8 Å². The van der Waals surface area contributed by atoms with Crippen molar-refractivity contribution in [2.75, 3.05) is 11.9 Å². The summed E-state index contributed by atoms with van der Waals surface area (Å²) in [6.45, 7) is 4.29. The summed E-state index contributed by atoms with van der Waals surface area (Å²) in [6, 6.07) is 7.62. The van der Waals surface area contributed by atoms with Crippen molar-refractivity contribution in [3.8, 4) is 0 Å². The molecule has 0 saturated carbocycles. The lowest BCUT2D eigenvalue weighted by atomic mass is 10.1. The highest BCUT2D eigenvalue weighted by atomic mass is 32.1. The summed E-state index contributed by atoms with van der Waals surface area (Å²) < 4.78 is 17.1. The van der Waals surface area contributed by atoms with Gasteiger partial charge in [-0.3, -0.25) is 4.79 Å². The number of aryl methyl sites for hydroxylation is 3. The third-order valence-electron chi connectivity index (χ3n) is 4.90.